The number of hydrazone groups is 1. The highest BCUT2D eigenvalue weighted by Crippen LogP contribution is 2.23. The van der Waals surface area contributed by atoms with Gasteiger partial charge in [-0.05, 0) is 54.6 Å². The van der Waals surface area contributed by atoms with Gasteiger partial charge in [0.15, 0.2) is 0 Å². The first kappa shape index (κ1) is 21.5. The average molecular weight is 488 g/mol. The molecular formula is C22H16BrClN2O4. The summed E-state index contributed by atoms with van der Waals surface area (Å²) in [7, 11) is 1.55. The Kier molecular flexibility index (Phi) is 7.21. The molecule has 3 aromatic rings. The van der Waals surface area contributed by atoms with Crippen LogP contribution in [0.25, 0.3) is 0 Å². The van der Waals surface area contributed by atoms with Crippen LogP contribution in [0.2, 0.25) is 5.02 Å². The number of hydrogen-bond donors (Lipinski definition) is 1. The maximum absolute atomic E-state index is 12.5. The highest BCUT2D eigenvalue weighted by atomic mass is 79.9. The molecule has 0 aromatic heterocycles. The van der Waals surface area contributed by atoms with E-state index in [0.717, 1.165) is 4.47 Å². The number of esters is 1. The minimum atomic E-state index is -0.533. The van der Waals surface area contributed by atoms with Crippen LogP contribution in [0, 0.1) is 0 Å². The summed E-state index contributed by atoms with van der Waals surface area (Å²) in [6.45, 7) is 0. The van der Waals surface area contributed by atoms with Crippen molar-refractivity contribution in [3.63, 3.8) is 0 Å². The molecule has 3 aromatic carbocycles. The van der Waals surface area contributed by atoms with Crippen LogP contribution in [-0.4, -0.2) is 25.2 Å². The van der Waals surface area contributed by atoms with E-state index in [4.69, 9.17) is 21.1 Å². The normalized spacial score (nSPS) is 10.6. The number of ether oxygens (including phenoxy) is 2. The molecule has 3 rings (SSSR count). The number of amides is 1. The second-order valence-electron chi connectivity index (χ2n) is 5.98. The number of benzene rings is 3. The topological polar surface area (TPSA) is 77.0 Å². The monoisotopic (exact) mass is 486 g/mol. The second kappa shape index (κ2) is 10.0. The second-order valence-corrected chi connectivity index (χ2v) is 7.30. The quantitative estimate of drug-likeness (QED) is 0.227. The summed E-state index contributed by atoms with van der Waals surface area (Å²) in [6.07, 6.45) is 1.39. The minimum Gasteiger partial charge on any atom is -0.497 e. The Balaban J connectivity index is 1.74. The molecule has 0 bridgehead atoms. The third-order valence-electron chi connectivity index (χ3n) is 3.99. The molecule has 0 saturated heterocycles. The van der Waals surface area contributed by atoms with E-state index in [1.807, 2.05) is 0 Å². The largest absolute Gasteiger partial charge is 0.497 e. The van der Waals surface area contributed by atoms with E-state index in [1.54, 1.807) is 73.8 Å². The Labute approximate surface area is 186 Å². The smallest absolute Gasteiger partial charge is 0.343 e. The number of carbonyl (C=O) groups is 2. The van der Waals surface area contributed by atoms with Crippen molar-refractivity contribution < 1.29 is 19.1 Å². The Morgan fingerprint density at radius 1 is 1.07 bits per heavy atom. The molecule has 0 atom stereocenters. The van der Waals surface area contributed by atoms with Crippen LogP contribution >= 0.6 is 27.5 Å². The van der Waals surface area contributed by atoms with Crippen LogP contribution in [0.5, 0.6) is 11.5 Å². The zero-order valence-corrected chi connectivity index (χ0v) is 18.1. The van der Waals surface area contributed by atoms with Crippen molar-refractivity contribution in [3.8, 4) is 11.5 Å². The average Bonchev–Trinajstić information content (AvgIpc) is 2.75. The fraction of sp³-hybridized carbons (Fsp3) is 0.0455. The SMILES string of the molecule is COc1ccc(C(=O)Oc2ccc(Br)cc2/C=N/NC(=O)c2ccccc2Cl)cc1. The van der Waals surface area contributed by atoms with Gasteiger partial charge in [0, 0.05) is 10.0 Å². The molecule has 6 nitrogen and oxygen atoms in total. The van der Waals surface area contributed by atoms with Gasteiger partial charge < -0.3 is 9.47 Å². The molecular weight excluding hydrogens is 472 g/mol. The van der Waals surface area contributed by atoms with E-state index in [-0.39, 0.29) is 5.75 Å². The lowest BCUT2D eigenvalue weighted by atomic mass is 10.2. The van der Waals surface area contributed by atoms with Gasteiger partial charge in [-0.1, -0.05) is 39.7 Å². The first-order valence-corrected chi connectivity index (χ1v) is 9.89. The third-order valence-corrected chi connectivity index (χ3v) is 4.81. The molecule has 0 spiro atoms. The molecule has 0 unspecified atom stereocenters. The van der Waals surface area contributed by atoms with Crippen LogP contribution in [0.1, 0.15) is 26.3 Å². The Morgan fingerprint density at radius 2 is 1.80 bits per heavy atom. The molecule has 0 aliphatic heterocycles. The number of nitrogens with zero attached hydrogens (tertiary/aromatic N) is 1. The first-order chi connectivity index (χ1) is 14.5. The van der Waals surface area contributed by atoms with Crippen LogP contribution < -0.4 is 14.9 Å². The van der Waals surface area contributed by atoms with Crippen molar-refractivity contribution in [2.24, 2.45) is 5.10 Å². The molecule has 1 amide bonds. The van der Waals surface area contributed by atoms with Gasteiger partial charge in [0.05, 0.1) is 29.5 Å². The third kappa shape index (κ3) is 5.46. The summed E-state index contributed by atoms with van der Waals surface area (Å²) >= 11 is 9.38. The van der Waals surface area contributed by atoms with Crippen molar-refractivity contribution in [1.29, 1.82) is 0 Å². The number of carbonyl (C=O) groups excluding carboxylic acids is 2. The van der Waals surface area contributed by atoms with Crippen molar-refractivity contribution in [2.45, 2.75) is 0 Å². The fourth-order valence-corrected chi connectivity index (χ4v) is 3.07. The zero-order chi connectivity index (χ0) is 21.5. The molecule has 1 N–H and O–H groups in total. The lowest BCUT2D eigenvalue weighted by Gasteiger charge is -2.09. The maximum atomic E-state index is 12.5. The Bertz CT molecular complexity index is 1100. The van der Waals surface area contributed by atoms with Gasteiger partial charge >= 0.3 is 5.97 Å². The molecule has 0 aliphatic rings. The fourth-order valence-electron chi connectivity index (χ4n) is 2.47. The summed E-state index contributed by atoms with van der Waals surface area (Å²) in [5.41, 5.74) is 3.57. The summed E-state index contributed by atoms with van der Waals surface area (Å²) in [4.78, 5) is 24.7. The van der Waals surface area contributed by atoms with E-state index >= 15 is 0 Å². The van der Waals surface area contributed by atoms with Crippen LogP contribution in [0.3, 0.4) is 0 Å². The van der Waals surface area contributed by atoms with E-state index in [9.17, 15) is 9.59 Å². The molecule has 30 heavy (non-hydrogen) atoms. The van der Waals surface area contributed by atoms with E-state index in [0.29, 0.717) is 27.5 Å². The summed E-state index contributed by atoms with van der Waals surface area (Å²) in [6, 6.07) is 18.3. The zero-order valence-electron chi connectivity index (χ0n) is 15.8. The van der Waals surface area contributed by atoms with Crippen molar-refractivity contribution in [2.75, 3.05) is 7.11 Å². The first-order valence-electron chi connectivity index (χ1n) is 8.71. The number of halogens is 2. The van der Waals surface area contributed by atoms with E-state index in [2.05, 4.69) is 26.5 Å². The summed E-state index contributed by atoms with van der Waals surface area (Å²) < 4.78 is 11.3. The standard InChI is InChI=1S/C22H16BrClN2O4/c1-29-17-9-6-14(7-10-17)22(28)30-20-11-8-16(23)12-15(20)13-25-26-21(27)18-4-2-3-5-19(18)24/h2-13H,1H3,(H,26,27)/b25-13+. The minimum absolute atomic E-state index is 0.287. The van der Waals surface area contributed by atoms with Gasteiger partial charge in [0.1, 0.15) is 11.5 Å². The van der Waals surface area contributed by atoms with Crippen LogP contribution in [0.4, 0.5) is 0 Å². The van der Waals surface area contributed by atoms with Gasteiger partial charge in [-0.3, -0.25) is 4.79 Å². The van der Waals surface area contributed by atoms with Gasteiger partial charge in [-0.15, -0.1) is 0 Å². The van der Waals surface area contributed by atoms with Crippen molar-refractivity contribution in [1.82, 2.24) is 5.43 Å². The molecule has 0 aliphatic carbocycles. The lowest BCUT2D eigenvalue weighted by Crippen LogP contribution is -2.18. The Hall–Kier alpha value is -3.16. The predicted octanol–water partition coefficient (Wildman–Crippen LogP) is 5.09. The molecule has 0 heterocycles. The highest BCUT2D eigenvalue weighted by molar-refractivity contribution is 9.10. The molecule has 8 heteroatoms. The van der Waals surface area contributed by atoms with Gasteiger partial charge in [0.2, 0.25) is 0 Å². The molecule has 152 valence electrons. The van der Waals surface area contributed by atoms with Gasteiger partial charge in [-0.2, -0.15) is 5.10 Å². The van der Waals surface area contributed by atoms with Gasteiger partial charge in [0.25, 0.3) is 5.91 Å². The maximum Gasteiger partial charge on any atom is 0.343 e. The Morgan fingerprint density at radius 3 is 2.50 bits per heavy atom. The molecule has 0 radical (unpaired) electrons. The summed E-state index contributed by atoms with van der Waals surface area (Å²) in [5.74, 6) is -0.0645. The molecule has 0 fully saturated rings. The number of nitrogens with one attached hydrogen (secondary N) is 1. The van der Waals surface area contributed by atoms with Crippen LogP contribution in [-0.2, 0) is 0 Å². The number of hydrogen-bond acceptors (Lipinski definition) is 5. The number of rotatable bonds is 6. The van der Waals surface area contributed by atoms with E-state index in [1.165, 1.54) is 6.21 Å². The van der Waals surface area contributed by atoms with Gasteiger partial charge in [-0.25, -0.2) is 10.2 Å². The lowest BCUT2D eigenvalue weighted by molar-refractivity contribution is 0.0734. The highest BCUT2D eigenvalue weighted by Gasteiger charge is 2.12. The summed E-state index contributed by atoms with van der Waals surface area (Å²) in [5, 5.41) is 4.27. The molecule has 0 saturated carbocycles. The van der Waals surface area contributed by atoms with Crippen LogP contribution in [0.15, 0.2) is 76.3 Å². The number of methoxy groups -OCH3 is 1. The van der Waals surface area contributed by atoms with Crippen molar-refractivity contribution >= 4 is 45.6 Å². The predicted molar refractivity (Wildman–Crippen MR) is 119 cm³/mol. The van der Waals surface area contributed by atoms with Crippen molar-refractivity contribution in [3.05, 3.63) is 92.9 Å². The van der Waals surface area contributed by atoms with E-state index < -0.39 is 11.9 Å².